The van der Waals surface area contributed by atoms with Gasteiger partial charge in [0.15, 0.2) is 0 Å². The minimum absolute atomic E-state index is 0.132. The Balaban J connectivity index is 1.50. The predicted molar refractivity (Wildman–Crippen MR) is 91.0 cm³/mol. The van der Waals surface area contributed by atoms with Crippen LogP contribution in [0.15, 0.2) is 39.9 Å². The molecule has 1 aromatic heterocycles. The van der Waals surface area contributed by atoms with E-state index in [4.69, 9.17) is 9.26 Å². The Bertz CT molecular complexity index is 901. The molecule has 1 amide bonds. The highest BCUT2D eigenvalue weighted by molar-refractivity contribution is 7.89. The first-order valence-corrected chi connectivity index (χ1v) is 9.89. The number of benzene rings is 1. The van der Waals surface area contributed by atoms with Crippen LogP contribution in [-0.2, 0) is 27.7 Å². The molecular formula is C17H19N3O5S. The van der Waals surface area contributed by atoms with E-state index in [1.165, 1.54) is 16.4 Å². The Morgan fingerprint density at radius 1 is 1.08 bits per heavy atom. The summed E-state index contributed by atoms with van der Waals surface area (Å²) in [6, 6.07) is 6.12. The van der Waals surface area contributed by atoms with Crippen LogP contribution in [0.3, 0.4) is 0 Å². The van der Waals surface area contributed by atoms with Gasteiger partial charge in [-0.2, -0.15) is 4.31 Å². The third kappa shape index (κ3) is 3.13. The van der Waals surface area contributed by atoms with Crippen LogP contribution < -0.4 is 0 Å². The molecule has 4 rings (SSSR count). The number of rotatable bonds is 3. The van der Waals surface area contributed by atoms with Crippen LogP contribution in [0.1, 0.15) is 21.7 Å². The summed E-state index contributed by atoms with van der Waals surface area (Å²) in [4.78, 5) is 14.6. The molecule has 26 heavy (non-hydrogen) atoms. The van der Waals surface area contributed by atoms with Gasteiger partial charge in [-0.3, -0.25) is 4.79 Å². The summed E-state index contributed by atoms with van der Waals surface area (Å²) in [5, 5.41) is 3.76. The van der Waals surface area contributed by atoms with Gasteiger partial charge in [0.05, 0.1) is 30.9 Å². The van der Waals surface area contributed by atoms with Crippen molar-refractivity contribution in [3.05, 3.63) is 47.3 Å². The lowest BCUT2D eigenvalue weighted by Gasteiger charge is -2.27. The Morgan fingerprint density at radius 3 is 2.54 bits per heavy atom. The van der Waals surface area contributed by atoms with E-state index in [0.717, 1.165) is 11.3 Å². The number of carbonyl (C=O) groups excluding carboxylic acids is 1. The summed E-state index contributed by atoms with van der Waals surface area (Å²) in [7, 11) is -3.55. The Hall–Kier alpha value is -2.23. The molecule has 3 heterocycles. The summed E-state index contributed by atoms with van der Waals surface area (Å²) < 4.78 is 37.0. The summed E-state index contributed by atoms with van der Waals surface area (Å²) in [5.74, 6) is 0.688. The molecule has 2 aliphatic rings. The van der Waals surface area contributed by atoms with Gasteiger partial charge < -0.3 is 14.2 Å². The molecule has 0 N–H and O–H groups in total. The fourth-order valence-electron chi connectivity index (χ4n) is 3.20. The monoisotopic (exact) mass is 377 g/mol. The van der Waals surface area contributed by atoms with Crippen molar-refractivity contribution in [2.45, 2.75) is 17.9 Å². The van der Waals surface area contributed by atoms with E-state index < -0.39 is 10.0 Å². The zero-order valence-electron chi connectivity index (χ0n) is 14.1. The predicted octanol–water partition coefficient (Wildman–Crippen LogP) is 0.894. The van der Waals surface area contributed by atoms with E-state index >= 15 is 0 Å². The zero-order valence-corrected chi connectivity index (χ0v) is 14.9. The number of nitrogens with zero attached hydrogens (tertiary/aromatic N) is 3. The van der Waals surface area contributed by atoms with Crippen molar-refractivity contribution in [3.63, 3.8) is 0 Å². The first kappa shape index (κ1) is 17.2. The first-order chi connectivity index (χ1) is 12.6. The van der Waals surface area contributed by atoms with E-state index in [1.54, 1.807) is 23.2 Å². The Morgan fingerprint density at radius 2 is 1.81 bits per heavy atom. The number of hydrogen-bond acceptors (Lipinski definition) is 6. The number of ether oxygens (including phenoxy) is 1. The Labute approximate surface area is 151 Å². The molecule has 1 saturated heterocycles. The molecule has 0 radical (unpaired) electrons. The minimum Gasteiger partial charge on any atom is -0.379 e. The van der Waals surface area contributed by atoms with Crippen LogP contribution in [0.2, 0.25) is 0 Å². The average molecular weight is 377 g/mol. The molecule has 9 heteroatoms. The smallest absolute Gasteiger partial charge is 0.254 e. The fourth-order valence-corrected chi connectivity index (χ4v) is 4.61. The van der Waals surface area contributed by atoms with Crippen molar-refractivity contribution in [1.82, 2.24) is 14.4 Å². The number of carbonyl (C=O) groups is 1. The number of fused-ring (bicyclic) bond motifs is 1. The minimum atomic E-state index is -3.55. The van der Waals surface area contributed by atoms with E-state index in [-0.39, 0.29) is 10.8 Å². The molecule has 0 spiro atoms. The topological polar surface area (TPSA) is 93.0 Å². The van der Waals surface area contributed by atoms with E-state index in [2.05, 4.69) is 5.16 Å². The standard InChI is InChI=1S/C17H19N3O5S/c21-17(19-6-5-16-14(12-19)11-18-25-16)13-1-3-15(4-2-13)26(22,23)20-7-9-24-10-8-20/h1-4,11H,5-10,12H2. The molecule has 1 aromatic carbocycles. The van der Waals surface area contributed by atoms with Crippen LogP contribution in [0.4, 0.5) is 0 Å². The van der Waals surface area contributed by atoms with Crippen molar-refractivity contribution in [2.24, 2.45) is 0 Å². The quantitative estimate of drug-likeness (QED) is 0.789. The number of amides is 1. The van der Waals surface area contributed by atoms with Crippen LogP contribution in [0.25, 0.3) is 0 Å². The zero-order chi connectivity index (χ0) is 18.1. The molecule has 0 atom stereocenters. The van der Waals surface area contributed by atoms with Gasteiger partial charge in [0, 0.05) is 37.2 Å². The van der Waals surface area contributed by atoms with Crippen molar-refractivity contribution in [2.75, 3.05) is 32.8 Å². The van der Waals surface area contributed by atoms with Crippen LogP contribution in [0.5, 0.6) is 0 Å². The summed E-state index contributed by atoms with van der Waals surface area (Å²) in [6.45, 7) is 2.49. The van der Waals surface area contributed by atoms with E-state index in [1.807, 2.05) is 0 Å². The van der Waals surface area contributed by atoms with Crippen LogP contribution in [-0.4, -0.2) is 61.5 Å². The SMILES string of the molecule is O=C(c1ccc(S(=O)(=O)N2CCOCC2)cc1)N1CCc2oncc2C1. The van der Waals surface area contributed by atoms with Crippen LogP contribution >= 0.6 is 0 Å². The Kier molecular flexibility index (Phi) is 4.51. The maximum atomic E-state index is 12.7. The number of sulfonamides is 1. The lowest BCUT2D eigenvalue weighted by molar-refractivity contribution is 0.0728. The summed E-state index contributed by atoms with van der Waals surface area (Å²) in [6.07, 6.45) is 2.26. The maximum absolute atomic E-state index is 12.7. The molecule has 0 unspecified atom stereocenters. The highest BCUT2D eigenvalue weighted by Crippen LogP contribution is 2.22. The van der Waals surface area contributed by atoms with Gasteiger partial charge >= 0.3 is 0 Å². The lowest BCUT2D eigenvalue weighted by atomic mass is 10.1. The van der Waals surface area contributed by atoms with E-state index in [0.29, 0.717) is 51.4 Å². The van der Waals surface area contributed by atoms with E-state index in [9.17, 15) is 13.2 Å². The van der Waals surface area contributed by atoms with Gasteiger partial charge in [-0.25, -0.2) is 8.42 Å². The van der Waals surface area contributed by atoms with Crippen molar-refractivity contribution >= 4 is 15.9 Å². The molecule has 138 valence electrons. The normalized spacial score (nSPS) is 18.5. The van der Waals surface area contributed by atoms with Gasteiger partial charge in [-0.15, -0.1) is 0 Å². The summed E-state index contributed by atoms with van der Waals surface area (Å²) >= 11 is 0. The lowest BCUT2D eigenvalue weighted by Crippen LogP contribution is -2.40. The second kappa shape index (κ2) is 6.82. The second-order valence-corrected chi connectivity index (χ2v) is 8.23. The molecule has 2 aromatic rings. The van der Waals surface area contributed by atoms with Gasteiger partial charge in [-0.1, -0.05) is 5.16 Å². The number of aromatic nitrogens is 1. The fraction of sp³-hybridized carbons (Fsp3) is 0.412. The van der Waals surface area contributed by atoms with Crippen LogP contribution in [0, 0.1) is 0 Å². The maximum Gasteiger partial charge on any atom is 0.254 e. The third-order valence-electron chi connectivity index (χ3n) is 4.70. The highest BCUT2D eigenvalue weighted by Gasteiger charge is 2.28. The molecule has 0 aliphatic carbocycles. The molecule has 0 bridgehead atoms. The van der Waals surface area contributed by atoms with Crippen molar-refractivity contribution in [3.8, 4) is 0 Å². The molecule has 1 fully saturated rings. The molecular weight excluding hydrogens is 358 g/mol. The highest BCUT2D eigenvalue weighted by atomic mass is 32.2. The second-order valence-electron chi connectivity index (χ2n) is 6.29. The number of hydrogen-bond donors (Lipinski definition) is 0. The van der Waals surface area contributed by atoms with Gasteiger partial charge in [0.1, 0.15) is 5.76 Å². The van der Waals surface area contributed by atoms with Crippen molar-refractivity contribution < 1.29 is 22.5 Å². The van der Waals surface area contributed by atoms with Gasteiger partial charge in [-0.05, 0) is 24.3 Å². The molecule has 8 nitrogen and oxygen atoms in total. The van der Waals surface area contributed by atoms with Crippen molar-refractivity contribution in [1.29, 1.82) is 0 Å². The van der Waals surface area contributed by atoms with Gasteiger partial charge in [0.25, 0.3) is 5.91 Å². The first-order valence-electron chi connectivity index (χ1n) is 8.45. The largest absolute Gasteiger partial charge is 0.379 e. The molecule has 0 saturated carbocycles. The summed E-state index contributed by atoms with van der Waals surface area (Å²) in [5.41, 5.74) is 1.38. The molecule has 2 aliphatic heterocycles. The number of morpholine rings is 1. The average Bonchev–Trinajstić information content (AvgIpc) is 3.16. The van der Waals surface area contributed by atoms with Gasteiger partial charge in [0.2, 0.25) is 10.0 Å². The third-order valence-corrected chi connectivity index (χ3v) is 6.61.